The van der Waals surface area contributed by atoms with Crippen molar-refractivity contribution in [1.29, 1.82) is 0 Å². The molecule has 0 bridgehead atoms. The topological polar surface area (TPSA) is 106 Å². The highest BCUT2D eigenvalue weighted by atomic mass is 16.5. The number of methoxy groups -OCH3 is 2. The molecule has 0 saturated heterocycles. The van der Waals surface area contributed by atoms with Gasteiger partial charge in [-0.2, -0.15) is 0 Å². The van der Waals surface area contributed by atoms with Crippen molar-refractivity contribution in [2.75, 3.05) is 14.2 Å². The monoisotopic (exact) mass is 395 g/mol. The third-order valence-corrected chi connectivity index (χ3v) is 4.48. The van der Waals surface area contributed by atoms with E-state index in [0.717, 1.165) is 10.1 Å². The third-order valence-electron chi connectivity index (χ3n) is 4.48. The Hall–Kier alpha value is -3.81. The maximum absolute atomic E-state index is 12.5. The highest BCUT2D eigenvalue weighted by molar-refractivity contribution is 6.02. The first kappa shape index (κ1) is 19.9. The minimum absolute atomic E-state index is 0.106. The van der Waals surface area contributed by atoms with E-state index >= 15 is 0 Å². The summed E-state index contributed by atoms with van der Waals surface area (Å²) in [5.74, 6) is 0.542. The number of aromatic nitrogens is 2. The molecule has 0 amide bonds. The predicted octanol–water partition coefficient (Wildman–Crippen LogP) is 2.70. The first-order valence-corrected chi connectivity index (χ1v) is 8.79. The van der Waals surface area contributed by atoms with Gasteiger partial charge in [0.25, 0.3) is 5.56 Å². The van der Waals surface area contributed by atoms with Crippen molar-refractivity contribution in [3.8, 4) is 23.1 Å². The lowest BCUT2D eigenvalue weighted by molar-refractivity contribution is 0.395. The van der Waals surface area contributed by atoms with Gasteiger partial charge in [-0.3, -0.25) is 9.78 Å². The number of ether oxygens (including phenoxy) is 2. The fourth-order valence-corrected chi connectivity index (χ4v) is 3.00. The van der Waals surface area contributed by atoms with Gasteiger partial charge in [0, 0.05) is 6.07 Å². The maximum atomic E-state index is 12.5. The number of aromatic hydroxyl groups is 1. The van der Waals surface area contributed by atoms with Crippen LogP contribution in [0.5, 0.6) is 17.4 Å². The quantitative estimate of drug-likeness (QED) is 0.646. The maximum Gasteiger partial charge on any atom is 0.335 e. The van der Waals surface area contributed by atoms with Crippen molar-refractivity contribution in [3.05, 3.63) is 74.4 Å². The van der Waals surface area contributed by atoms with Crippen molar-refractivity contribution in [2.45, 2.75) is 13.8 Å². The fourth-order valence-electron chi connectivity index (χ4n) is 3.00. The van der Waals surface area contributed by atoms with Gasteiger partial charge in [0.15, 0.2) is 0 Å². The van der Waals surface area contributed by atoms with Crippen LogP contribution in [-0.2, 0) is 0 Å². The van der Waals surface area contributed by atoms with Crippen molar-refractivity contribution < 1.29 is 14.6 Å². The number of H-pyrrole nitrogens is 1. The Morgan fingerprint density at radius 2 is 1.83 bits per heavy atom. The summed E-state index contributed by atoms with van der Waals surface area (Å²) in [7, 11) is 3.03. The van der Waals surface area contributed by atoms with E-state index in [1.54, 1.807) is 50.2 Å². The van der Waals surface area contributed by atoms with E-state index in [1.165, 1.54) is 14.2 Å². The lowest BCUT2D eigenvalue weighted by atomic mass is 10.1. The van der Waals surface area contributed by atoms with Gasteiger partial charge < -0.3 is 14.6 Å². The number of benzene rings is 2. The molecule has 2 N–H and O–H groups in total. The number of nitrogens with zero attached hydrogens (tertiary/aromatic N) is 2. The summed E-state index contributed by atoms with van der Waals surface area (Å²) in [6.07, 6.45) is 0. The zero-order valence-electron chi connectivity index (χ0n) is 16.5. The Labute approximate surface area is 166 Å². The minimum Gasteiger partial charge on any atom is -0.497 e. The summed E-state index contributed by atoms with van der Waals surface area (Å²) in [5.41, 5.74) is 0.307. The first-order valence-electron chi connectivity index (χ1n) is 8.79. The van der Waals surface area contributed by atoms with Gasteiger partial charge >= 0.3 is 5.69 Å². The average Bonchev–Trinajstić information content (AvgIpc) is 2.69. The number of aromatic amines is 1. The second-order valence-electron chi connectivity index (χ2n) is 6.31. The summed E-state index contributed by atoms with van der Waals surface area (Å²) in [6, 6.07) is 12.1. The van der Waals surface area contributed by atoms with Gasteiger partial charge in [-0.15, -0.1) is 0 Å². The summed E-state index contributed by atoms with van der Waals surface area (Å²) >= 11 is 0. The third kappa shape index (κ3) is 3.77. The standard InChI is InChI=1S/C21H21N3O5/c1-12-7-5-6-8-16(12)24-20(26)18(19(25)23-21(24)27)13(2)22-15-10-9-14(28-3)11-17(15)29-4/h5-11,26H,1-4H3,(H,23,25,27). The Morgan fingerprint density at radius 3 is 2.48 bits per heavy atom. The van der Waals surface area contributed by atoms with Gasteiger partial charge in [0.1, 0.15) is 22.7 Å². The molecule has 0 saturated carbocycles. The number of hydrogen-bond donors (Lipinski definition) is 2. The molecule has 29 heavy (non-hydrogen) atoms. The van der Waals surface area contributed by atoms with E-state index in [1.807, 2.05) is 6.07 Å². The molecular weight excluding hydrogens is 374 g/mol. The molecule has 0 aliphatic rings. The van der Waals surface area contributed by atoms with E-state index in [-0.39, 0.29) is 11.3 Å². The molecule has 150 valence electrons. The molecule has 2 aromatic carbocycles. The summed E-state index contributed by atoms with van der Waals surface area (Å²) in [4.78, 5) is 31.5. The van der Waals surface area contributed by atoms with Crippen LogP contribution in [0, 0.1) is 6.92 Å². The van der Waals surface area contributed by atoms with Crippen LogP contribution in [0.25, 0.3) is 5.69 Å². The molecule has 0 fully saturated rings. The fraction of sp³-hybridized carbons (Fsp3) is 0.190. The van der Waals surface area contributed by atoms with Crippen molar-refractivity contribution in [2.24, 2.45) is 4.99 Å². The highest BCUT2D eigenvalue weighted by Gasteiger charge is 2.19. The Kier molecular flexibility index (Phi) is 5.54. The Balaban J connectivity index is 2.21. The summed E-state index contributed by atoms with van der Waals surface area (Å²) < 4.78 is 11.5. The van der Waals surface area contributed by atoms with E-state index in [9.17, 15) is 14.7 Å². The van der Waals surface area contributed by atoms with Gasteiger partial charge in [-0.1, -0.05) is 18.2 Å². The zero-order valence-corrected chi connectivity index (χ0v) is 16.5. The molecule has 3 aromatic rings. The van der Waals surface area contributed by atoms with Crippen LogP contribution >= 0.6 is 0 Å². The van der Waals surface area contributed by atoms with E-state index < -0.39 is 17.1 Å². The molecule has 0 aliphatic carbocycles. The summed E-state index contributed by atoms with van der Waals surface area (Å²) in [5, 5.41) is 10.8. The number of aryl methyl sites for hydroxylation is 1. The van der Waals surface area contributed by atoms with Gasteiger partial charge in [-0.25, -0.2) is 14.4 Å². The molecule has 1 aromatic heterocycles. The number of hydrogen-bond acceptors (Lipinski definition) is 6. The smallest absolute Gasteiger partial charge is 0.335 e. The predicted molar refractivity (Wildman–Crippen MR) is 110 cm³/mol. The largest absolute Gasteiger partial charge is 0.497 e. The molecule has 0 radical (unpaired) electrons. The number of rotatable bonds is 5. The molecule has 0 atom stereocenters. The van der Waals surface area contributed by atoms with E-state index in [0.29, 0.717) is 22.9 Å². The van der Waals surface area contributed by atoms with Gasteiger partial charge in [0.2, 0.25) is 5.88 Å². The minimum atomic E-state index is -0.736. The number of aliphatic imine (C=N–C) groups is 1. The summed E-state index contributed by atoms with van der Waals surface area (Å²) in [6.45, 7) is 3.37. The van der Waals surface area contributed by atoms with Crippen molar-refractivity contribution in [1.82, 2.24) is 9.55 Å². The second-order valence-corrected chi connectivity index (χ2v) is 6.31. The number of nitrogens with one attached hydrogen (secondary N) is 1. The molecule has 8 heteroatoms. The van der Waals surface area contributed by atoms with Crippen LogP contribution in [0.2, 0.25) is 0 Å². The highest BCUT2D eigenvalue weighted by Crippen LogP contribution is 2.32. The van der Waals surface area contributed by atoms with Crippen LogP contribution in [0.1, 0.15) is 18.1 Å². The van der Waals surface area contributed by atoms with Crippen LogP contribution in [0.15, 0.2) is 57.0 Å². The van der Waals surface area contributed by atoms with E-state index in [2.05, 4.69) is 9.98 Å². The lowest BCUT2D eigenvalue weighted by Gasteiger charge is -2.13. The van der Waals surface area contributed by atoms with Crippen LogP contribution < -0.4 is 20.7 Å². The van der Waals surface area contributed by atoms with Crippen LogP contribution in [0.3, 0.4) is 0 Å². The second kappa shape index (κ2) is 8.05. The molecule has 0 unspecified atom stereocenters. The molecule has 8 nitrogen and oxygen atoms in total. The van der Waals surface area contributed by atoms with Crippen molar-refractivity contribution >= 4 is 11.4 Å². The lowest BCUT2D eigenvalue weighted by Crippen LogP contribution is -2.33. The zero-order chi connectivity index (χ0) is 21.1. The Bertz CT molecular complexity index is 1210. The molecule has 3 rings (SSSR count). The van der Waals surface area contributed by atoms with Crippen LogP contribution in [0.4, 0.5) is 5.69 Å². The molecule has 1 heterocycles. The van der Waals surface area contributed by atoms with Gasteiger partial charge in [0.05, 0.1) is 25.6 Å². The van der Waals surface area contributed by atoms with Gasteiger partial charge in [-0.05, 0) is 37.6 Å². The normalized spacial score (nSPS) is 11.4. The molecule has 0 aliphatic heterocycles. The average molecular weight is 395 g/mol. The molecular formula is C21H21N3O5. The van der Waals surface area contributed by atoms with Crippen LogP contribution in [-0.4, -0.2) is 34.6 Å². The number of para-hydroxylation sites is 1. The molecule has 0 spiro atoms. The van der Waals surface area contributed by atoms with E-state index in [4.69, 9.17) is 9.47 Å². The first-order chi connectivity index (χ1) is 13.9. The van der Waals surface area contributed by atoms with Crippen molar-refractivity contribution in [3.63, 3.8) is 0 Å². The SMILES string of the molecule is COc1ccc(N=C(C)c2c(O)n(-c3ccccc3C)c(=O)[nH]c2=O)c(OC)c1. The Morgan fingerprint density at radius 1 is 1.10 bits per heavy atom.